The van der Waals surface area contributed by atoms with Crippen molar-refractivity contribution in [1.29, 1.82) is 0 Å². The average Bonchev–Trinajstić information content (AvgIpc) is 2.49. The zero-order valence-electron chi connectivity index (χ0n) is 7.24. The minimum atomic E-state index is 0.476. The van der Waals surface area contributed by atoms with Crippen molar-refractivity contribution in [2.45, 2.75) is 19.8 Å². The third kappa shape index (κ3) is 1.09. The molecular formula is C10H11NO. The third-order valence-corrected chi connectivity index (χ3v) is 1.97. The molecule has 0 unspecified atom stereocenters. The van der Waals surface area contributed by atoms with Crippen LogP contribution in [0.2, 0.25) is 0 Å². The van der Waals surface area contributed by atoms with Crippen molar-refractivity contribution >= 4 is 10.8 Å². The van der Waals surface area contributed by atoms with Crippen molar-refractivity contribution in [3.05, 3.63) is 30.5 Å². The second-order valence-electron chi connectivity index (χ2n) is 3.26. The normalized spacial score (nSPS) is 11.2. The highest BCUT2D eigenvalue weighted by molar-refractivity contribution is 5.80. The number of nitrogens with zero attached hydrogens (tertiary/aromatic N) is 1. The van der Waals surface area contributed by atoms with Crippen LogP contribution in [0, 0.1) is 0 Å². The largest absolute Gasteiger partial charge is 0.471 e. The molecule has 0 aliphatic carbocycles. The van der Waals surface area contributed by atoms with Gasteiger partial charge in [0.25, 0.3) is 0 Å². The van der Waals surface area contributed by atoms with E-state index in [4.69, 9.17) is 4.42 Å². The molecule has 0 bridgehead atoms. The maximum absolute atomic E-state index is 5.06. The van der Waals surface area contributed by atoms with E-state index in [1.54, 1.807) is 12.5 Å². The molecule has 0 fully saturated rings. The zero-order valence-corrected chi connectivity index (χ0v) is 7.24. The molecule has 2 heterocycles. The molecule has 0 saturated heterocycles. The summed E-state index contributed by atoms with van der Waals surface area (Å²) in [6, 6.07) is 2.07. The average molecular weight is 161 g/mol. The predicted molar refractivity (Wildman–Crippen MR) is 48.1 cm³/mol. The second kappa shape index (κ2) is 2.63. The fraction of sp³-hybridized carbons (Fsp3) is 0.300. The number of furan rings is 1. The van der Waals surface area contributed by atoms with Crippen LogP contribution in [-0.4, -0.2) is 4.98 Å². The topological polar surface area (TPSA) is 26.0 Å². The summed E-state index contributed by atoms with van der Waals surface area (Å²) in [7, 11) is 0. The monoisotopic (exact) mass is 161 g/mol. The SMILES string of the molecule is CC(C)c1cc2cocc2cn1. The molecule has 62 valence electrons. The van der Waals surface area contributed by atoms with E-state index >= 15 is 0 Å². The maximum Gasteiger partial charge on any atom is 0.0996 e. The summed E-state index contributed by atoms with van der Waals surface area (Å²) in [5.74, 6) is 0.476. The third-order valence-electron chi connectivity index (χ3n) is 1.97. The Labute approximate surface area is 71.2 Å². The molecule has 0 amide bonds. The van der Waals surface area contributed by atoms with E-state index in [9.17, 15) is 0 Å². The highest BCUT2D eigenvalue weighted by atomic mass is 16.3. The smallest absolute Gasteiger partial charge is 0.0996 e. The van der Waals surface area contributed by atoms with Gasteiger partial charge in [-0.05, 0) is 12.0 Å². The van der Waals surface area contributed by atoms with Crippen molar-refractivity contribution in [1.82, 2.24) is 4.98 Å². The lowest BCUT2D eigenvalue weighted by atomic mass is 10.1. The van der Waals surface area contributed by atoms with Crippen LogP contribution in [0.5, 0.6) is 0 Å². The fourth-order valence-electron chi connectivity index (χ4n) is 1.20. The van der Waals surface area contributed by atoms with Crippen molar-refractivity contribution in [2.24, 2.45) is 0 Å². The van der Waals surface area contributed by atoms with Gasteiger partial charge < -0.3 is 4.42 Å². The Morgan fingerprint density at radius 2 is 2.00 bits per heavy atom. The highest BCUT2D eigenvalue weighted by Crippen LogP contribution is 2.19. The van der Waals surface area contributed by atoms with E-state index in [1.807, 2.05) is 6.20 Å². The van der Waals surface area contributed by atoms with Crippen LogP contribution in [0.4, 0.5) is 0 Å². The molecule has 2 heteroatoms. The minimum Gasteiger partial charge on any atom is -0.471 e. The molecule has 0 radical (unpaired) electrons. The second-order valence-corrected chi connectivity index (χ2v) is 3.26. The minimum absolute atomic E-state index is 0.476. The number of pyridine rings is 1. The summed E-state index contributed by atoms with van der Waals surface area (Å²) in [5, 5.41) is 2.20. The highest BCUT2D eigenvalue weighted by Gasteiger charge is 2.02. The predicted octanol–water partition coefficient (Wildman–Crippen LogP) is 2.95. The molecule has 0 aliphatic heterocycles. The van der Waals surface area contributed by atoms with E-state index < -0.39 is 0 Å². The van der Waals surface area contributed by atoms with Crippen molar-refractivity contribution in [3.8, 4) is 0 Å². The van der Waals surface area contributed by atoms with Gasteiger partial charge >= 0.3 is 0 Å². The molecular weight excluding hydrogens is 150 g/mol. The Morgan fingerprint density at radius 3 is 2.75 bits per heavy atom. The molecule has 2 aromatic rings. The van der Waals surface area contributed by atoms with Crippen molar-refractivity contribution in [2.75, 3.05) is 0 Å². The lowest BCUT2D eigenvalue weighted by Crippen LogP contribution is -1.90. The van der Waals surface area contributed by atoms with E-state index in [2.05, 4.69) is 24.9 Å². The van der Waals surface area contributed by atoms with Crippen LogP contribution in [0.1, 0.15) is 25.5 Å². The van der Waals surface area contributed by atoms with E-state index in [0.717, 1.165) is 16.5 Å². The first-order chi connectivity index (χ1) is 5.77. The maximum atomic E-state index is 5.06. The first kappa shape index (κ1) is 7.35. The lowest BCUT2D eigenvalue weighted by Gasteiger charge is -2.02. The van der Waals surface area contributed by atoms with E-state index in [0.29, 0.717) is 5.92 Å². The standard InChI is InChI=1S/C10H11NO/c1-7(2)10-3-8-5-12-6-9(8)4-11-10/h3-7H,1-2H3. The Morgan fingerprint density at radius 1 is 1.25 bits per heavy atom. The molecule has 2 aromatic heterocycles. The molecule has 2 rings (SSSR count). The summed E-state index contributed by atoms with van der Waals surface area (Å²) in [5.41, 5.74) is 1.11. The van der Waals surface area contributed by atoms with Crippen LogP contribution in [0.25, 0.3) is 10.8 Å². The van der Waals surface area contributed by atoms with E-state index in [1.165, 1.54) is 0 Å². The number of aromatic nitrogens is 1. The summed E-state index contributed by atoms with van der Waals surface area (Å²) < 4.78 is 5.06. The summed E-state index contributed by atoms with van der Waals surface area (Å²) in [6.07, 6.45) is 5.32. The van der Waals surface area contributed by atoms with Gasteiger partial charge in [-0.2, -0.15) is 0 Å². The summed E-state index contributed by atoms with van der Waals surface area (Å²) in [6.45, 7) is 4.27. The van der Waals surface area contributed by atoms with Crippen LogP contribution >= 0.6 is 0 Å². The van der Waals surface area contributed by atoms with E-state index in [-0.39, 0.29) is 0 Å². The van der Waals surface area contributed by atoms with Crippen LogP contribution in [0.3, 0.4) is 0 Å². The lowest BCUT2D eigenvalue weighted by molar-refractivity contribution is 0.572. The van der Waals surface area contributed by atoms with Gasteiger partial charge in [-0.1, -0.05) is 13.8 Å². The van der Waals surface area contributed by atoms with Crippen LogP contribution < -0.4 is 0 Å². The van der Waals surface area contributed by atoms with Crippen molar-refractivity contribution < 1.29 is 4.42 Å². The first-order valence-electron chi connectivity index (χ1n) is 4.09. The van der Waals surface area contributed by atoms with Gasteiger partial charge in [-0.3, -0.25) is 4.98 Å². The zero-order chi connectivity index (χ0) is 8.55. The molecule has 0 aromatic carbocycles. The molecule has 0 N–H and O–H groups in total. The fourth-order valence-corrected chi connectivity index (χ4v) is 1.20. The van der Waals surface area contributed by atoms with Gasteiger partial charge in [0.05, 0.1) is 12.5 Å². The molecule has 2 nitrogen and oxygen atoms in total. The van der Waals surface area contributed by atoms with Gasteiger partial charge in [0.15, 0.2) is 0 Å². The number of hydrogen-bond donors (Lipinski definition) is 0. The number of fused-ring (bicyclic) bond motifs is 1. The van der Waals surface area contributed by atoms with Gasteiger partial charge in [-0.25, -0.2) is 0 Å². The summed E-state index contributed by atoms with van der Waals surface area (Å²) >= 11 is 0. The molecule has 0 saturated carbocycles. The van der Waals surface area contributed by atoms with Crippen LogP contribution in [-0.2, 0) is 0 Å². The molecule has 0 aliphatic rings. The van der Waals surface area contributed by atoms with Gasteiger partial charge in [0.2, 0.25) is 0 Å². The molecule has 12 heavy (non-hydrogen) atoms. The van der Waals surface area contributed by atoms with Gasteiger partial charge in [0, 0.05) is 22.7 Å². The Balaban J connectivity index is 2.60. The Bertz CT molecular complexity index is 389. The summed E-state index contributed by atoms with van der Waals surface area (Å²) in [4.78, 5) is 4.32. The molecule has 0 atom stereocenters. The van der Waals surface area contributed by atoms with Crippen molar-refractivity contribution in [3.63, 3.8) is 0 Å². The molecule has 0 spiro atoms. The van der Waals surface area contributed by atoms with Crippen LogP contribution in [0.15, 0.2) is 29.2 Å². The van der Waals surface area contributed by atoms with Gasteiger partial charge in [-0.15, -0.1) is 0 Å². The first-order valence-corrected chi connectivity index (χ1v) is 4.09. The Kier molecular flexibility index (Phi) is 1.61. The number of rotatable bonds is 1. The van der Waals surface area contributed by atoms with Gasteiger partial charge in [0.1, 0.15) is 0 Å². The number of hydrogen-bond acceptors (Lipinski definition) is 2. The quantitative estimate of drug-likeness (QED) is 0.642. The Hall–Kier alpha value is -1.31.